The van der Waals surface area contributed by atoms with Gasteiger partial charge in [-0.15, -0.1) is 0 Å². The maximum Gasteiger partial charge on any atom is 0.400 e. The summed E-state index contributed by atoms with van der Waals surface area (Å²) in [6, 6.07) is 19.8. The first kappa shape index (κ1) is 28.9. The molecule has 4 rings (SSSR count). The predicted octanol–water partition coefficient (Wildman–Crippen LogP) is 5.84. The molecule has 0 unspecified atom stereocenters. The largest absolute Gasteiger partial charge is 0.400 e. The normalized spacial score (nSPS) is 13.7. The molecule has 0 spiro atoms. The number of fused-ring (bicyclic) bond motifs is 1. The van der Waals surface area contributed by atoms with Gasteiger partial charge in [-0.3, -0.25) is 14.2 Å². The lowest BCUT2D eigenvalue weighted by atomic mass is 9.97. The molecule has 3 aromatic rings. The Morgan fingerprint density at radius 3 is 1.76 bits per heavy atom. The second-order valence-corrected chi connectivity index (χ2v) is 8.98. The van der Waals surface area contributed by atoms with E-state index >= 15 is 0 Å². The molecule has 0 atom stereocenters. The number of rotatable bonds is 3. The van der Waals surface area contributed by atoms with E-state index in [0.717, 1.165) is 22.4 Å². The fraction of sp³-hybridized carbons (Fsp3) is 0.370. The van der Waals surface area contributed by atoms with E-state index in [2.05, 4.69) is 0 Å². The summed E-state index contributed by atoms with van der Waals surface area (Å²) in [5.74, 6) is -2.56. The highest BCUT2D eigenvalue weighted by atomic mass is 19.4. The van der Waals surface area contributed by atoms with Gasteiger partial charge < -0.3 is 4.90 Å². The van der Waals surface area contributed by atoms with Crippen LogP contribution < -0.4 is 5.56 Å². The third kappa shape index (κ3) is 6.62. The Morgan fingerprint density at radius 1 is 0.895 bits per heavy atom. The molecular formula is C27H27F6N3O2. The van der Waals surface area contributed by atoms with Gasteiger partial charge in [-0.1, -0.05) is 60.7 Å². The minimum absolute atomic E-state index is 0.0107. The summed E-state index contributed by atoms with van der Waals surface area (Å²) >= 11 is 0. The number of nitrogens with zero attached hydrogens (tertiary/aromatic N) is 3. The predicted molar refractivity (Wildman–Crippen MR) is 129 cm³/mol. The van der Waals surface area contributed by atoms with Crippen molar-refractivity contribution in [2.24, 2.45) is 5.92 Å². The number of carbonyl (C=O) groups is 1. The topological polar surface area (TPSA) is 55.2 Å². The van der Waals surface area contributed by atoms with Crippen molar-refractivity contribution < 1.29 is 31.1 Å². The molecule has 5 nitrogen and oxygen atoms in total. The molecule has 2 heterocycles. The van der Waals surface area contributed by atoms with Gasteiger partial charge in [0.05, 0.1) is 18.3 Å². The molecule has 0 saturated heterocycles. The molecule has 0 radical (unpaired) electrons. The lowest BCUT2D eigenvalue weighted by Gasteiger charge is -2.29. The SMILES string of the molecule is CC(=O)N1CCc2c(nc(C)n(C(c3ccccc3)c3ccccc3)c2=O)C1.CC(C(F)(F)F)C(F)(F)F. The lowest BCUT2D eigenvalue weighted by Crippen LogP contribution is -2.41. The summed E-state index contributed by atoms with van der Waals surface area (Å²) in [5.41, 5.74) is 3.52. The Bertz CT molecular complexity index is 1250. The van der Waals surface area contributed by atoms with E-state index in [4.69, 9.17) is 4.98 Å². The maximum atomic E-state index is 13.5. The smallest absolute Gasteiger partial charge is 0.337 e. The van der Waals surface area contributed by atoms with Crippen molar-refractivity contribution in [2.75, 3.05) is 6.54 Å². The van der Waals surface area contributed by atoms with Crippen molar-refractivity contribution in [3.63, 3.8) is 0 Å². The van der Waals surface area contributed by atoms with Crippen LogP contribution >= 0.6 is 0 Å². The van der Waals surface area contributed by atoms with E-state index in [1.807, 2.05) is 67.6 Å². The van der Waals surface area contributed by atoms with Crippen molar-refractivity contribution in [3.8, 4) is 0 Å². The van der Waals surface area contributed by atoms with Crippen LogP contribution in [0.1, 0.15) is 48.1 Å². The van der Waals surface area contributed by atoms with Gasteiger partial charge in [0.25, 0.3) is 5.56 Å². The van der Waals surface area contributed by atoms with Gasteiger partial charge in [-0.25, -0.2) is 4.98 Å². The molecule has 38 heavy (non-hydrogen) atoms. The minimum atomic E-state index is -5.18. The molecule has 204 valence electrons. The highest BCUT2D eigenvalue weighted by molar-refractivity contribution is 5.73. The minimum Gasteiger partial charge on any atom is -0.337 e. The number of aryl methyl sites for hydroxylation is 1. The first-order valence-corrected chi connectivity index (χ1v) is 11.8. The zero-order valence-corrected chi connectivity index (χ0v) is 21.0. The molecule has 1 aliphatic heterocycles. The average molecular weight is 540 g/mol. The van der Waals surface area contributed by atoms with Gasteiger partial charge in [0.15, 0.2) is 0 Å². The van der Waals surface area contributed by atoms with Crippen LogP contribution in [0, 0.1) is 12.8 Å². The van der Waals surface area contributed by atoms with Crippen molar-refractivity contribution >= 4 is 5.91 Å². The van der Waals surface area contributed by atoms with Gasteiger partial charge in [0.2, 0.25) is 5.91 Å². The monoisotopic (exact) mass is 539 g/mol. The zero-order chi connectivity index (χ0) is 28.3. The Morgan fingerprint density at radius 2 is 1.37 bits per heavy atom. The van der Waals surface area contributed by atoms with Gasteiger partial charge in [0, 0.05) is 19.0 Å². The molecule has 1 amide bonds. The number of amides is 1. The molecule has 1 aromatic heterocycles. The van der Waals surface area contributed by atoms with Crippen LogP contribution in [0.3, 0.4) is 0 Å². The fourth-order valence-electron chi connectivity index (χ4n) is 4.14. The summed E-state index contributed by atoms with van der Waals surface area (Å²) in [5, 5.41) is 0. The molecule has 0 N–H and O–H groups in total. The van der Waals surface area contributed by atoms with Crippen LogP contribution in [0.2, 0.25) is 0 Å². The van der Waals surface area contributed by atoms with Gasteiger partial charge in [0.1, 0.15) is 11.7 Å². The highest BCUT2D eigenvalue weighted by Gasteiger charge is 2.53. The molecular weight excluding hydrogens is 512 g/mol. The van der Waals surface area contributed by atoms with Crippen LogP contribution in [-0.4, -0.2) is 39.3 Å². The second kappa shape index (κ2) is 11.4. The van der Waals surface area contributed by atoms with Crippen molar-refractivity contribution in [2.45, 2.75) is 52.1 Å². The number of hydrogen-bond acceptors (Lipinski definition) is 3. The third-order valence-corrected chi connectivity index (χ3v) is 6.36. The maximum absolute atomic E-state index is 13.5. The van der Waals surface area contributed by atoms with E-state index < -0.39 is 18.3 Å². The van der Waals surface area contributed by atoms with Crippen LogP contribution in [-0.2, 0) is 17.8 Å². The summed E-state index contributed by atoms with van der Waals surface area (Å²) < 4.78 is 69.1. The Balaban J connectivity index is 0.000000342. The zero-order valence-electron chi connectivity index (χ0n) is 21.0. The van der Waals surface area contributed by atoms with Crippen molar-refractivity contribution in [1.82, 2.24) is 14.5 Å². The Hall–Kier alpha value is -3.63. The number of halogens is 6. The summed E-state index contributed by atoms with van der Waals surface area (Å²) in [4.78, 5) is 31.7. The molecule has 11 heteroatoms. The Labute approximate surface area is 215 Å². The molecule has 2 aromatic carbocycles. The summed E-state index contributed by atoms with van der Waals surface area (Å²) in [7, 11) is 0. The van der Waals surface area contributed by atoms with E-state index in [1.54, 1.807) is 16.4 Å². The van der Waals surface area contributed by atoms with E-state index in [0.29, 0.717) is 25.3 Å². The van der Waals surface area contributed by atoms with Gasteiger partial charge in [-0.2, -0.15) is 26.3 Å². The van der Waals surface area contributed by atoms with Gasteiger partial charge >= 0.3 is 12.4 Å². The van der Waals surface area contributed by atoms with Gasteiger partial charge in [-0.05, 0) is 31.4 Å². The number of benzene rings is 2. The van der Waals surface area contributed by atoms with Crippen LogP contribution in [0.4, 0.5) is 26.3 Å². The third-order valence-electron chi connectivity index (χ3n) is 6.36. The van der Waals surface area contributed by atoms with E-state index in [-0.39, 0.29) is 24.4 Å². The molecule has 1 aliphatic rings. The quantitative estimate of drug-likeness (QED) is 0.393. The first-order chi connectivity index (χ1) is 17.7. The molecule has 0 bridgehead atoms. The number of alkyl halides is 6. The lowest BCUT2D eigenvalue weighted by molar-refractivity contribution is -0.278. The van der Waals surface area contributed by atoms with Crippen LogP contribution in [0.5, 0.6) is 0 Å². The molecule has 0 fully saturated rings. The molecule has 0 saturated carbocycles. The molecule has 0 aliphatic carbocycles. The highest BCUT2D eigenvalue weighted by Crippen LogP contribution is 2.38. The standard InChI is InChI=1S/C23H23N3O2.C4H4F6/c1-16-24-21-15-25(17(2)27)14-13-20(21)23(28)26(16)22(18-9-5-3-6-10-18)19-11-7-4-8-12-19;1-2(3(5,6)7)4(8,9)10/h3-12,22H,13-15H2,1-2H3;2H,1H3. The average Bonchev–Trinajstić information content (AvgIpc) is 2.86. The number of carbonyl (C=O) groups excluding carboxylic acids is 1. The van der Waals surface area contributed by atoms with Crippen LogP contribution in [0.15, 0.2) is 65.5 Å². The number of aromatic nitrogens is 2. The van der Waals surface area contributed by atoms with Crippen LogP contribution in [0.25, 0.3) is 0 Å². The van der Waals surface area contributed by atoms with E-state index in [1.165, 1.54) is 0 Å². The second-order valence-electron chi connectivity index (χ2n) is 8.98. The fourth-order valence-corrected chi connectivity index (χ4v) is 4.14. The van der Waals surface area contributed by atoms with E-state index in [9.17, 15) is 35.9 Å². The van der Waals surface area contributed by atoms with Crippen molar-refractivity contribution in [3.05, 3.63) is 99.2 Å². The summed E-state index contributed by atoms with van der Waals surface area (Å²) in [6.07, 6.45) is -9.83. The summed E-state index contributed by atoms with van der Waals surface area (Å²) in [6.45, 7) is 4.47. The first-order valence-electron chi connectivity index (χ1n) is 11.8. The van der Waals surface area contributed by atoms with Crippen molar-refractivity contribution in [1.29, 1.82) is 0 Å². The Kier molecular flexibility index (Phi) is 8.68. The number of hydrogen-bond donors (Lipinski definition) is 0.